The van der Waals surface area contributed by atoms with Gasteiger partial charge in [-0.2, -0.15) is 13.2 Å². The van der Waals surface area contributed by atoms with Crippen LogP contribution in [0, 0.1) is 0 Å². The second kappa shape index (κ2) is 4.38. The second-order valence-corrected chi connectivity index (χ2v) is 3.32. The lowest BCUT2D eigenvalue weighted by Crippen LogP contribution is -2.14. The van der Waals surface area contributed by atoms with Gasteiger partial charge in [0.05, 0.1) is 11.3 Å². The van der Waals surface area contributed by atoms with Gasteiger partial charge in [-0.15, -0.1) is 5.23 Å². The van der Waals surface area contributed by atoms with Gasteiger partial charge in [0.25, 0.3) is 0 Å². The Balaban J connectivity index is 3.26. The number of benzene rings is 1. The van der Waals surface area contributed by atoms with Gasteiger partial charge in [-0.05, 0) is 17.7 Å². The van der Waals surface area contributed by atoms with Crippen LogP contribution in [-0.4, -0.2) is 10.4 Å². The van der Waals surface area contributed by atoms with Gasteiger partial charge in [-0.25, -0.2) is 0 Å². The Morgan fingerprint density at radius 2 is 1.87 bits per heavy atom. The van der Waals surface area contributed by atoms with E-state index < -0.39 is 11.7 Å². The molecule has 0 saturated carbocycles. The summed E-state index contributed by atoms with van der Waals surface area (Å²) in [6.07, 6.45) is -4.52. The van der Waals surface area contributed by atoms with Crippen molar-refractivity contribution in [2.24, 2.45) is 0 Å². The quantitative estimate of drug-likeness (QED) is 0.648. The molecule has 3 nitrogen and oxygen atoms in total. The van der Waals surface area contributed by atoms with Gasteiger partial charge in [0.2, 0.25) is 0 Å². The minimum absolute atomic E-state index is 0.0353. The fourth-order valence-corrected chi connectivity index (χ4v) is 1.56. The summed E-state index contributed by atoms with van der Waals surface area (Å²) >= 11 is 2.92. The predicted octanol–water partition coefficient (Wildman–Crippen LogP) is 3.19. The largest absolute Gasteiger partial charge is 0.416 e. The van der Waals surface area contributed by atoms with Crippen LogP contribution in [0.5, 0.6) is 0 Å². The van der Waals surface area contributed by atoms with E-state index in [1.54, 1.807) is 0 Å². The Morgan fingerprint density at radius 1 is 1.27 bits per heavy atom. The highest BCUT2D eigenvalue weighted by Gasteiger charge is 2.33. The van der Waals surface area contributed by atoms with Crippen molar-refractivity contribution >= 4 is 21.6 Å². The van der Waals surface area contributed by atoms with Gasteiger partial charge < -0.3 is 0 Å². The molecule has 0 unspecified atom stereocenters. The van der Waals surface area contributed by atoms with Crippen molar-refractivity contribution < 1.29 is 23.6 Å². The summed E-state index contributed by atoms with van der Waals surface area (Å²) in [5, 5.41) is 16.9. The second-order valence-electron chi connectivity index (χ2n) is 2.76. The van der Waals surface area contributed by atoms with Crippen molar-refractivity contribution in [1.82, 2.24) is 0 Å². The van der Waals surface area contributed by atoms with Crippen molar-refractivity contribution in [2.45, 2.75) is 11.5 Å². The fourth-order valence-electron chi connectivity index (χ4n) is 1.07. The molecule has 84 valence electrons. The zero-order valence-corrected chi connectivity index (χ0v) is 8.88. The number of alkyl halides is 4. The monoisotopic (exact) mass is 285 g/mol. The summed E-state index contributed by atoms with van der Waals surface area (Å²) in [5.41, 5.74) is -1.20. The molecule has 0 aliphatic rings. The SMILES string of the molecule is ON(O)c1ccc(CBr)c(C(F)(F)F)c1. The zero-order valence-electron chi connectivity index (χ0n) is 7.29. The molecular formula is C8H7BrF3NO2. The maximum atomic E-state index is 12.5. The highest BCUT2D eigenvalue weighted by molar-refractivity contribution is 9.08. The molecule has 1 rings (SSSR count). The first kappa shape index (κ1) is 12.3. The van der Waals surface area contributed by atoms with Crippen molar-refractivity contribution in [3.63, 3.8) is 0 Å². The van der Waals surface area contributed by atoms with Crippen LogP contribution >= 0.6 is 15.9 Å². The van der Waals surface area contributed by atoms with E-state index in [-0.39, 0.29) is 21.8 Å². The number of anilines is 1. The first-order chi connectivity index (χ1) is 6.86. The third kappa shape index (κ3) is 2.83. The Bertz CT molecular complexity index is 354. The minimum atomic E-state index is -4.52. The summed E-state index contributed by atoms with van der Waals surface area (Å²) in [4.78, 5) is 0. The highest BCUT2D eigenvalue weighted by Crippen LogP contribution is 2.35. The van der Waals surface area contributed by atoms with Crippen LogP contribution in [0.4, 0.5) is 18.9 Å². The van der Waals surface area contributed by atoms with Crippen molar-refractivity contribution in [1.29, 1.82) is 0 Å². The number of rotatable bonds is 2. The summed E-state index contributed by atoms with van der Waals surface area (Å²) in [6.45, 7) is 0. The molecule has 0 aromatic heterocycles. The zero-order chi connectivity index (χ0) is 11.6. The van der Waals surface area contributed by atoms with Gasteiger partial charge in [0, 0.05) is 5.33 Å². The smallest absolute Gasteiger partial charge is 0.264 e. The van der Waals surface area contributed by atoms with Crippen LogP contribution in [0.3, 0.4) is 0 Å². The number of nitrogens with zero attached hydrogens (tertiary/aromatic N) is 1. The van der Waals surface area contributed by atoms with Crippen molar-refractivity contribution in [3.05, 3.63) is 29.3 Å². The Labute approximate surface area is 91.8 Å². The molecule has 0 aliphatic heterocycles. The third-order valence-corrected chi connectivity index (χ3v) is 2.38. The molecule has 0 fully saturated rings. The van der Waals surface area contributed by atoms with E-state index in [4.69, 9.17) is 10.4 Å². The molecule has 0 heterocycles. The van der Waals surface area contributed by atoms with Gasteiger partial charge in [0.15, 0.2) is 0 Å². The lowest BCUT2D eigenvalue weighted by atomic mass is 10.1. The van der Waals surface area contributed by atoms with E-state index in [1.807, 2.05) is 0 Å². The van der Waals surface area contributed by atoms with Crippen LogP contribution < -0.4 is 5.23 Å². The molecular weight excluding hydrogens is 279 g/mol. The molecule has 0 amide bonds. The average Bonchev–Trinajstić information content (AvgIpc) is 2.15. The van der Waals surface area contributed by atoms with E-state index in [0.29, 0.717) is 6.07 Å². The van der Waals surface area contributed by atoms with E-state index in [0.717, 1.165) is 0 Å². The summed E-state index contributed by atoms with van der Waals surface area (Å²) in [6, 6.07) is 3.01. The lowest BCUT2D eigenvalue weighted by molar-refractivity contribution is -0.138. The molecule has 1 aromatic rings. The van der Waals surface area contributed by atoms with Crippen LogP contribution in [0.15, 0.2) is 18.2 Å². The van der Waals surface area contributed by atoms with Gasteiger partial charge >= 0.3 is 6.18 Å². The summed E-state index contributed by atoms with van der Waals surface area (Å²) in [5.74, 6) is 0. The first-order valence-corrected chi connectivity index (χ1v) is 4.92. The van der Waals surface area contributed by atoms with Crippen molar-refractivity contribution in [2.75, 3.05) is 5.23 Å². The maximum Gasteiger partial charge on any atom is 0.416 e. The summed E-state index contributed by atoms with van der Waals surface area (Å²) in [7, 11) is 0. The number of hydrogen-bond donors (Lipinski definition) is 2. The van der Waals surface area contributed by atoms with Crippen LogP contribution in [-0.2, 0) is 11.5 Å². The molecule has 7 heteroatoms. The molecule has 0 radical (unpaired) electrons. The van der Waals surface area contributed by atoms with Crippen LogP contribution in [0.25, 0.3) is 0 Å². The van der Waals surface area contributed by atoms with Crippen LogP contribution in [0.2, 0.25) is 0 Å². The van der Waals surface area contributed by atoms with E-state index in [2.05, 4.69) is 15.9 Å². The molecule has 2 N–H and O–H groups in total. The van der Waals surface area contributed by atoms with Crippen molar-refractivity contribution in [3.8, 4) is 0 Å². The van der Waals surface area contributed by atoms with E-state index in [9.17, 15) is 13.2 Å². The normalized spacial score (nSPS) is 11.6. The maximum absolute atomic E-state index is 12.5. The molecule has 0 atom stereocenters. The summed E-state index contributed by atoms with van der Waals surface area (Å²) < 4.78 is 37.4. The van der Waals surface area contributed by atoms with E-state index >= 15 is 0 Å². The standard InChI is InChI=1S/C8H7BrF3NO2/c9-4-5-1-2-6(13(14)15)3-7(5)8(10,11)12/h1-3,14-15H,4H2. The molecule has 1 aromatic carbocycles. The Kier molecular flexibility index (Phi) is 3.58. The van der Waals surface area contributed by atoms with Gasteiger partial charge in [-0.3, -0.25) is 10.4 Å². The van der Waals surface area contributed by atoms with E-state index in [1.165, 1.54) is 12.1 Å². The lowest BCUT2D eigenvalue weighted by Gasteiger charge is -2.14. The molecule has 0 spiro atoms. The minimum Gasteiger partial charge on any atom is -0.264 e. The number of halogens is 4. The molecule has 0 aliphatic carbocycles. The van der Waals surface area contributed by atoms with Crippen LogP contribution in [0.1, 0.15) is 11.1 Å². The average molecular weight is 286 g/mol. The van der Waals surface area contributed by atoms with Gasteiger partial charge in [0.1, 0.15) is 0 Å². The third-order valence-electron chi connectivity index (χ3n) is 1.77. The fraction of sp³-hybridized carbons (Fsp3) is 0.250. The molecule has 0 saturated heterocycles. The topological polar surface area (TPSA) is 43.7 Å². The molecule has 15 heavy (non-hydrogen) atoms. The Morgan fingerprint density at radius 3 is 2.27 bits per heavy atom. The predicted molar refractivity (Wildman–Crippen MR) is 50.1 cm³/mol. The first-order valence-electron chi connectivity index (χ1n) is 3.80. The number of hydrogen-bond acceptors (Lipinski definition) is 3. The molecule has 0 bridgehead atoms. The van der Waals surface area contributed by atoms with Gasteiger partial charge in [-0.1, -0.05) is 22.0 Å². The highest BCUT2D eigenvalue weighted by atomic mass is 79.9. The Hall–Kier alpha value is -0.790.